The highest BCUT2D eigenvalue weighted by molar-refractivity contribution is 5.85. The normalized spacial score (nSPS) is 10.1. The highest BCUT2D eigenvalue weighted by Gasteiger charge is 2.04. The lowest BCUT2D eigenvalue weighted by Crippen LogP contribution is -2.23. The molecule has 1 aromatic heterocycles. The van der Waals surface area contributed by atoms with E-state index in [1.165, 1.54) is 5.56 Å². The molecule has 2 aromatic carbocycles. The van der Waals surface area contributed by atoms with Gasteiger partial charge in [0.25, 0.3) is 0 Å². The summed E-state index contributed by atoms with van der Waals surface area (Å²) in [7, 11) is 1.89. The number of aromatic nitrogens is 2. The Kier molecular flexibility index (Phi) is 9.86. The Bertz CT molecular complexity index is 833. The third-order valence-electron chi connectivity index (χ3n) is 4.22. The Morgan fingerprint density at radius 3 is 2.48 bits per heavy atom. The number of imidazole rings is 1. The van der Waals surface area contributed by atoms with Gasteiger partial charge >= 0.3 is 0 Å². The van der Waals surface area contributed by atoms with Gasteiger partial charge in [0, 0.05) is 19.5 Å². The first-order chi connectivity index (χ1) is 12.3. The predicted molar refractivity (Wildman–Crippen MR) is 115 cm³/mol. The molecule has 27 heavy (non-hydrogen) atoms. The van der Waals surface area contributed by atoms with Crippen LogP contribution in [0, 0.1) is 0 Å². The van der Waals surface area contributed by atoms with Gasteiger partial charge in [-0.25, -0.2) is 4.98 Å². The van der Waals surface area contributed by atoms with Crippen molar-refractivity contribution in [3.05, 3.63) is 66.0 Å². The van der Waals surface area contributed by atoms with Crippen LogP contribution in [0.1, 0.15) is 24.0 Å². The van der Waals surface area contributed by atoms with Crippen LogP contribution in [0.5, 0.6) is 0 Å². The summed E-state index contributed by atoms with van der Waals surface area (Å²) < 4.78 is 2.15. The van der Waals surface area contributed by atoms with Crippen molar-refractivity contribution in [2.24, 2.45) is 0 Å². The van der Waals surface area contributed by atoms with E-state index in [4.69, 9.17) is 0 Å². The smallest absolute Gasteiger partial charge is 0.220 e. The fraction of sp³-hybridized carbons (Fsp3) is 0.300. The lowest BCUT2D eigenvalue weighted by Gasteiger charge is -2.08. The summed E-state index contributed by atoms with van der Waals surface area (Å²) in [5.74, 6) is 0.101. The molecule has 0 saturated carbocycles. The van der Waals surface area contributed by atoms with Crippen LogP contribution in [-0.2, 0) is 17.9 Å². The van der Waals surface area contributed by atoms with E-state index in [1.807, 2.05) is 31.6 Å². The molecule has 0 saturated heterocycles. The van der Waals surface area contributed by atoms with E-state index in [1.54, 1.807) is 0 Å². The number of benzene rings is 2. The van der Waals surface area contributed by atoms with Crippen LogP contribution in [0.15, 0.2) is 54.9 Å². The van der Waals surface area contributed by atoms with Gasteiger partial charge in [0.2, 0.25) is 5.91 Å². The molecule has 7 heteroatoms. The largest absolute Gasteiger partial charge is 0.352 e. The van der Waals surface area contributed by atoms with Crippen LogP contribution in [0.25, 0.3) is 11.0 Å². The number of amides is 1. The summed E-state index contributed by atoms with van der Waals surface area (Å²) in [5.41, 5.74) is 4.48. The fourth-order valence-corrected chi connectivity index (χ4v) is 2.81. The molecule has 0 aliphatic carbocycles. The molecule has 3 rings (SSSR count). The molecule has 0 unspecified atom stereocenters. The van der Waals surface area contributed by atoms with E-state index in [0.717, 1.165) is 36.1 Å². The maximum atomic E-state index is 11.7. The number of nitrogens with one attached hydrogen (secondary N) is 2. The van der Waals surface area contributed by atoms with Crippen molar-refractivity contribution in [2.75, 3.05) is 13.6 Å². The predicted octanol–water partition coefficient (Wildman–Crippen LogP) is 3.54. The van der Waals surface area contributed by atoms with E-state index >= 15 is 0 Å². The quantitative estimate of drug-likeness (QED) is 0.560. The summed E-state index contributed by atoms with van der Waals surface area (Å²) in [4.78, 5) is 16.2. The number of para-hydroxylation sites is 2. The highest BCUT2D eigenvalue weighted by atomic mass is 35.5. The fourth-order valence-electron chi connectivity index (χ4n) is 2.81. The number of nitrogens with zero attached hydrogens (tertiary/aromatic N) is 2. The van der Waals surface area contributed by atoms with Crippen molar-refractivity contribution in [3.63, 3.8) is 0 Å². The Morgan fingerprint density at radius 1 is 1.04 bits per heavy atom. The van der Waals surface area contributed by atoms with Gasteiger partial charge in [0.1, 0.15) is 0 Å². The van der Waals surface area contributed by atoms with Crippen LogP contribution in [0.2, 0.25) is 0 Å². The lowest BCUT2D eigenvalue weighted by molar-refractivity contribution is -0.121. The molecule has 0 aliphatic rings. The second-order valence-electron chi connectivity index (χ2n) is 6.16. The van der Waals surface area contributed by atoms with Gasteiger partial charge < -0.3 is 15.2 Å². The van der Waals surface area contributed by atoms with Gasteiger partial charge in [-0.05, 0) is 43.3 Å². The minimum absolute atomic E-state index is 0. The van der Waals surface area contributed by atoms with Gasteiger partial charge in [-0.1, -0.05) is 36.4 Å². The molecule has 1 amide bonds. The molecule has 0 atom stereocenters. The number of rotatable bonds is 8. The molecule has 146 valence electrons. The molecule has 3 aromatic rings. The van der Waals surface area contributed by atoms with E-state index < -0.39 is 0 Å². The van der Waals surface area contributed by atoms with Crippen molar-refractivity contribution >= 4 is 41.8 Å². The second kappa shape index (κ2) is 11.6. The number of fused-ring (bicyclic) bond motifs is 1. The topological polar surface area (TPSA) is 59.0 Å². The Labute approximate surface area is 172 Å². The average Bonchev–Trinajstić information content (AvgIpc) is 3.04. The molecule has 0 spiro atoms. The SMILES string of the molecule is CNCCCC(=O)NCc1ccc(Cn2cnc3ccccc32)cc1.Cl.Cl. The molecule has 0 radical (unpaired) electrons. The first-order valence-electron chi connectivity index (χ1n) is 8.65. The molecule has 1 heterocycles. The zero-order valence-corrected chi connectivity index (χ0v) is 17.0. The molecular weight excluding hydrogens is 383 g/mol. The molecule has 0 fully saturated rings. The highest BCUT2D eigenvalue weighted by Crippen LogP contribution is 2.14. The van der Waals surface area contributed by atoms with Crippen LogP contribution in [0.3, 0.4) is 0 Å². The van der Waals surface area contributed by atoms with Crippen LogP contribution in [-0.4, -0.2) is 29.1 Å². The Morgan fingerprint density at radius 2 is 1.74 bits per heavy atom. The van der Waals surface area contributed by atoms with E-state index in [-0.39, 0.29) is 30.7 Å². The number of hydrogen-bond donors (Lipinski definition) is 2. The summed E-state index contributed by atoms with van der Waals surface area (Å²) >= 11 is 0. The zero-order valence-electron chi connectivity index (χ0n) is 15.4. The van der Waals surface area contributed by atoms with Crippen molar-refractivity contribution in [3.8, 4) is 0 Å². The Hall–Kier alpha value is -2.08. The van der Waals surface area contributed by atoms with Crippen LogP contribution in [0.4, 0.5) is 0 Å². The van der Waals surface area contributed by atoms with Gasteiger partial charge in [0.05, 0.1) is 17.4 Å². The number of halogens is 2. The summed E-state index contributed by atoms with van der Waals surface area (Å²) in [5, 5.41) is 6.01. The maximum Gasteiger partial charge on any atom is 0.220 e. The molecule has 5 nitrogen and oxygen atoms in total. The van der Waals surface area contributed by atoms with Crippen molar-refractivity contribution in [2.45, 2.75) is 25.9 Å². The summed E-state index contributed by atoms with van der Waals surface area (Å²) in [6.45, 7) is 2.23. The number of carbonyl (C=O) groups excluding carboxylic acids is 1. The minimum Gasteiger partial charge on any atom is -0.352 e. The molecular formula is C20H26Cl2N4O. The first-order valence-corrected chi connectivity index (χ1v) is 8.65. The molecule has 2 N–H and O–H groups in total. The second-order valence-corrected chi connectivity index (χ2v) is 6.16. The van der Waals surface area contributed by atoms with E-state index in [9.17, 15) is 4.79 Å². The van der Waals surface area contributed by atoms with Crippen molar-refractivity contribution in [1.82, 2.24) is 20.2 Å². The summed E-state index contributed by atoms with van der Waals surface area (Å²) in [6, 6.07) is 16.5. The maximum absolute atomic E-state index is 11.7. The van der Waals surface area contributed by atoms with Gasteiger partial charge in [0.15, 0.2) is 0 Å². The zero-order chi connectivity index (χ0) is 17.5. The lowest BCUT2D eigenvalue weighted by atomic mass is 10.1. The van der Waals surface area contributed by atoms with Gasteiger partial charge in [-0.15, -0.1) is 24.8 Å². The Balaban J connectivity index is 0.00000182. The van der Waals surface area contributed by atoms with Crippen molar-refractivity contribution in [1.29, 1.82) is 0 Å². The average molecular weight is 409 g/mol. The molecule has 0 bridgehead atoms. The van der Waals surface area contributed by atoms with E-state index in [0.29, 0.717) is 13.0 Å². The number of hydrogen-bond acceptors (Lipinski definition) is 3. The van der Waals surface area contributed by atoms with Crippen LogP contribution < -0.4 is 10.6 Å². The van der Waals surface area contributed by atoms with E-state index in [2.05, 4.69) is 50.5 Å². The van der Waals surface area contributed by atoms with Crippen LogP contribution >= 0.6 is 24.8 Å². The third kappa shape index (κ3) is 6.54. The standard InChI is InChI=1S/C20H24N4O.2ClH/c1-21-12-4-7-20(25)22-13-16-8-10-17(11-9-16)14-24-15-23-18-5-2-3-6-19(18)24;;/h2-3,5-6,8-11,15,21H,4,7,12-14H2,1H3,(H,22,25);2*1H. The first kappa shape index (κ1) is 23.0. The summed E-state index contributed by atoms with van der Waals surface area (Å²) in [6.07, 6.45) is 3.30. The van der Waals surface area contributed by atoms with Crippen molar-refractivity contribution < 1.29 is 4.79 Å². The third-order valence-corrected chi connectivity index (χ3v) is 4.22. The van der Waals surface area contributed by atoms with Gasteiger partial charge in [-0.3, -0.25) is 4.79 Å². The van der Waals surface area contributed by atoms with Gasteiger partial charge in [-0.2, -0.15) is 0 Å². The number of carbonyl (C=O) groups is 1. The minimum atomic E-state index is 0. The molecule has 0 aliphatic heterocycles. The monoisotopic (exact) mass is 408 g/mol.